The zero-order valence-electron chi connectivity index (χ0n) is 9.85. The number of nitrogen functional groups attached to an aromatic ring is 1. The van der Waals surface area contributed by atoms with Crippen molar-refractivity contribution < 1.29 is 4.74 Å². The van der Waals surface area contributed by atoms with Crippen LogP contribution in [-0.2, 0) is 6.42 Å². The summed E-state index contributed by atoms with van der Waals surface area (Å²) in [4.78, 5) is 4.41. The van der Waals surface area contributed by atoms with Crippen LogP contribution in [0.5, 0.6) is 5.75 Å². The van der Waals surface area contributed by atoms with Gasteiger partial charge < -0.3 is 10.5 Å². The highest BCUT2D eigenvalue weighted by Gasteiger charge is 1.99. The van der Waals surface area contributed by atoms with Crippen LogP contribution in [0, 0.1) is 6.92 Å². The third-order valence-corrected chi connectivity index (χ3v) is 3.35. The third kappa shape index (κ3) is 3.75. The van der Waals surface area contributed by atoms with Gasteiger partial charge in [0.25, 0.3) is 0 Å². The van der Waals surface area contributed by atoms with Gasteiger partial charge in [-0.25, -0.2) is 4.98 Å². The maximum atomic E-state index is 5.67. The Morgan fingerprint density at radius 2 is 2.29 bits per heavy atom. The van der Waals surface area contributed by atoms with E-state index in [1.165, 1.54) is 5.01 Å². The second kappa shape index (κ2) is 5.68. The highest BCUT2D eigenvalue weighted by molar-refractivity contribution is 7.09. The molecule has 90 valence electrons. The molecule has 2 N–H and O–H groups in total. The van der Waals surface area contributed by atoms with E-state index in [0.717, 1.165) is 30.0 Å². The Bertz CT molecular complexity index is 482. The van der Waals surface area contributed by atoms with Crippen LogP contribution in [0.25, 0.3) is 0 Å². The predicted octanol–water partition coefficient (Wildman–Crippen LogP) is 3.05. The second-order valence-electron chi connectivity index (χ2n) is 3.91. The fourth-order valence-electron chi connectivity index (χ4n) is 1.54. The summed E-state index contributed by atoms with van der Waals surface area (Å²) in [6.07, 6.45) is 1.95. The average molecular weight is 248 g/mol. The minimum atomic E-state index is 0.697. The molecular formula is C13H16N2OS. The highest BCUT2D eigenvalue weighted by Crippen LogP contribution is 2.15. The van der Waals surface area contributed by atoms with Gasteiger partial charge in [0.15, 0.2) is 0 Å². The molecule has 0 bridgehead atoms. The van der Waals surface area contributed by atoms with E-state index in [1.54, 1.807) is 11.3 Å². The molecule has 0 amide bonds. The summed E-state index contributed by atoms with van der Waals surface area (Å²) in [5.41, 5.74) is 7.50. The first-order valence-electron chi connectivity index (χ1n) is 5.63. The van der Waals surface area contributed by atoms with E-state index >= 15 is 0 Å². The van der Waals surface area contributed by atoms with Crippen molar-refractivity contribution in [3.8, 4) is 5.75 Å². The number of aromatic nitrogens is 1. The molecule has 0 aliphatic rings. The number of hydrogen-bond acceptors (Lipinski definition) is 4. The number of thiazole rings is 1. The molecule has 0 spiro atoms. The number of nitrogens with two attached hydrogens (primary N) is 1. The van der Waals surface area contributed by atoms with Crippen molar-refractivity contribution in [1.29, 1.82) is 0 Å². The van der Waals surface area contributed by atoms with Crippen molar-refractivity contribution in [2.24, 2.45) is 0 Å². The van der Waals surface area contributed by atoms with Crippen LogP contribution in [0.1, 0.15) is 17.1 Å². The lowest BCUT2D eigenvalue weighted by Gasteiger charge is -2.05. The Morgan fingerprint density at radius 1 is 1.41 bits per heavy atom. The van der Waals surface area contributed by atoms with Crippen molar-refractivity contribution in [3.05, 3.63) is 40.3 Å². The van der Waals surface area contributed by atoms with Crippen LogP contribution in [0.15, 0.2) is 29.6 Å². The predicted molar refractivity (Wildman–Crippen MR) is 71.5 cm³/mol. The molecule has 1 aromatic heterocycles. The van der Waals surface area contributed by atoms with E-state index in [-0.39, 0.29) is 0 Å². The molecule has 0 unspecified atom stereocenters. The fraction of sp³-hybridized carbons (Fsp3) is 0.308. The van der Waals surface area contributed by atoms with Crippen molar-refractivity contribution in [1.82, 2.24) is 4.98 Å². The Morgan fingerprint density at radius 3 is 3.00 bits per heavy atom. The van der Waals surface area contributed by atoms with Crippen molar-refractivity contribution >= 4 is 17.0 Å². The van der Waals surface area contributed by atoms with Gasteiger partial charge in [0.1, 0.15) is 5.75 Å². The van der Waals surface area contributed by atoms with E-state index in [9.17, 15) is 0 Å². The van der Waals surface area contributed by atoms with Gasteiger partial charge in [-0.2, -0.15) is 0 Å². The molecule has 17 heavy (non-hydrogen) atoms. The van der Waals surface area contributed by atoms with Gasteiger partial charge in [-0.15, -0.1) is 11.3 Å². The molecule has 0 fully saturated rings. The second-order valence-corrected chi connectivity index (χ2v) is 4.85. The van der Waals surface area contributed by atoms with Crippen LogP contribution in [0.3, 0.4) is 0 Å². The zero-order valence-corrected chi connectivity index (χ0v) is 10.7. The number of anilines is 1. The number of nitrogens with zero attached hydrogens (tertiary/aromatic N) is 1. The Hall–Kier alpha value is -1.55. The molecule has 3 nitrogen and oxygen atoms in total. The summed E-state index contributed by atoms with van der Waals surface area (Å²) in [6.45, 7) is 2.71. The molecule has 0 aliphatic heterocycles. The largest absolute Gasteiger partial charge is 0.494 e. The maximum Gasteiger partial charge on any atom is 0.121 e. The maximum absolute atomic E-state index is 5.67. The topological polar surface area (TPSA) is 48.1 Å². The standard InChI is InChI=1S/C13H16N2OS/c1-10-9-17-13(15-10)6-3-7-16-12-5-2-4-11(14)8-12/h2,4-5,8-9H,3,6-7,14H2,1H3. The summed E-state index contributed by atoms with van der Waals surface area (Å²) < 4.78 is 5.61. The van der Waals surface area contributed by atoms with Gasteiger partial charge in [0.2, 0.25) is 0 Å². The average Bonchev–Trinajstić information content (AvgIpc) is 2.71. The SMILES string of the molecule is Cc1csc(CCCOc2cccc(N)c2)n1. The van der Waals surface area contributed by atoms with Gasteiger partial charge >= 0.3 is 0 Å². The summed E-state index contributed by atoms with van der Waals surface area (Å²) in [5.74, 6) is 0.834. The number of benzene rings is 1. The van der Waals surface area contributed by atoms with Crippen molar-refractivity contribution in [3.63, 3.8) is 0 Å². The minimum Gasteiger partial charge on any atom is -0.494 e. The molecule has 2 aromatic rings. The van der Waals surface area contributed by atoms with Crippen LogP contribution in [0.2, 0.25) is 0 Å². The lowest BCUT2D eigenvalue weighted by Crippen LogP contribution is -1.99. The van der Waals surface area contributed by atoms with Crippen LogP contribution in [0.4, 0.5) is 5.69 Å². The Kier molecular flexibility index (Phi) is 3.98. The molecule has 0 saturated heterocycles. The number of aryl methyl sites for hydroxylation is 2. The van der Waals surface area contributed by atoms with Crippen LogP contribution in [-0.4, -0.2) is 11.6 Å². The lowest BCUT2D eigenvalue weighted by molar-refractivity contribution is 0.311. The first-order chi connectivity index (χ1) is 8.24. The fourth-order valence-corrected chi connectivity index (χ4v) is 2.35. The van der Waals surface area contributed by atoms with E-state index in [1.807, 2.05) is 31.2 Å². The quantitative estimate of drug-likeness (QED) is 0.653. The molecule has 0 aliphatic carbocycles. The van der Waals surface area contributed by atoms with E-state index in [2.05, 4.69) is 10.4 Å². The summed E-state index contributed by atoms with van der Waals surface area (Å²) in [7, 11) is 0. The first kappa shape index (κ1) is 11.9. The van der Waals surface area contributed by atoms with E-state index in [0.29, 0.717) is 6.61 Å². The van der Waals surface area contributed by atoms with Crippen LogP contribution < -0.4 is 10.5 Å². The van der Waals surface area contributed by atoms with Gasteiger partial charge in [-0.05, 0) is 25.5 Å². The van der Waals surface area contributed by atoms with Gasteiger partial charge in [-0.1, -0.05) is 6.07 Å². The molecule has 0 atom stereocenters. The third-order valence-electron chi connectivity index (χ3n) is 2.33. The summed E-state index contributed by atoms with van der Waals surface area (Å²) in [5, 5.41) is 3.26. The molecule has 1 aromatic carbocycles. The minimum absolute atomic E-state index is 0.697. The van der Waals surface area contributed by atoms with Crippen molar-refractivity contribution in [2.45, 2.75) is 19.8 Å². The first-order valence-corrected chi connectivity index (χ1v) is 6.51. The molecule has 4 heteroatoms. The monoisotopic (exact) mass is 248 g/mol. The van der Waals surface area contributed by atoms with E-state index in [4.69, 9.17) is 10.5 Å². The zero-order chi connectivity index (χ0) is 12.1. The van der Waals surface area contributed by atoms with Crippen molar-refractivity contribution in [2.75, 3.05) is 12.3 Å². The molecule has 0 saturated carbocycles. The lowest BCUT2D eigenvalue weighted by atomic mass is 10.3. The Balaban J connectivity index is 1.73. The normalized spacial score (nSPS) is 10.4. The van der Waals surface area contributed by atoms with Gasteiger partial charge in [0, 0.05) is 29.2 Å². The summed E-state index contributed by atoms with van der Waals surface area (Å²) >= 11 is 1.71. The number of hydrogen-bond donors (Lipinski definition) is 1. The highest BCUT2D eigenvalue weighted by atomic mass is 32.1. The smallest absolute Gasteiger partial charge is 0.121 e. The molecule has 0 radical (unpaired) electrons. The van der Waals surface area contributed by atoms with Crippen LogP contribution >= 0.6 is 11.3 Å². The van der Waals surface area contributed by atoms with E-state index < -0.39 is 0 Å². The Labute approximate surface area is 105 Å². The number of ether oxygens (including phenoxy) is 1. The molecular weight excluding hydrogens is 232 g/mol. The summed E-state index contributed by atoms with van der Waals surface area (Å²) in [6, 6.07) is 7.51. The molecule has 2 rings (SSSR count). The molecule has 1 heterocycles. The van der Waals surface area contributed by atoms with Gasteiger partial charge in [0.05, 0.1) is 11.6 Å². The number of rotatable bonds is 5. The van der Waals surface area contributed by atoms with Gasteiger partial charge in [-0.3, -0.25) is 0 Å².